The van der Waals surface area contributed by atoms with Gasteiger partial charge in [-0.15, -0.1) is 0 Å². The average molecular weight is 267 g/mol. The van der Waals surface area contributed by atoms with Crippen LogP contribution in [0.1, 0.15) is 16.2 Å². The molecule has 0 aliphatic rings. The molecule has 0 spiro atoms. The molecule has 0 unspecified atom stereocenters. The van der Waals surface area contributed by atoms with E-state index in [1.54, 1.807) is 0 Å². The fourth-order valence-electron chi connectivity index (χ4n) is 0.947. The van der Waals surface area contributed by atoms with Gasteiger partial charge in [0.25, 0.3) is 0 Å². The smallest absolute Gasteiger partial charge is 0.343 e. The average Bonchev–Trinajstić information content (AvgIpc) is 2.25. The number of nitrogen functional groups attached to an aromatic ring is 1. The number of rotatable bonds is 4. The van der Waals surface area contributed by atoms with Crippen LogP contribution >= 0.6 is 0 Å². The first-order valence-electron chi connectivity index (χ1n) is 4.66. The third-order valence-electron chi connectivity index (χ3n) is 1.87. The van der Waals surface area contributed by atoms with E-state index in [1.165, 1.54) is 6.92 Å². The normalized spacial score (nSPS) is 11.7. The van der Waals surface area contributed by atoms with Crippen LogP contribution in [0, 0.1) is 6.92 Å². The highest BCUT2D eigenvalue weighted by atomic mass is 19.3. The standard InChI is InChI=1S/C9H9F4N3O2/c1-4-15-2-5(6(14)16-4)7(17)18-3-9(12,13)8(10)11/h2,8H,3H2,1H3,(H2,14,15,16). The summed E-state index contributed by atoms with van der Waals surface area (Å²) in [4.78, 5) is 18.5. The molecular weight excluding hydrogens is 258 g/mol. The Balaban J connectivity index is 2.72. The topological polar surface area (TPSA) is 78.1 Å². The Hall–Kier alpha value is -1.93. The first-order valence-corrected chi connectivity index (χ1v) is 4.66. The van der Waals surface area contributed by atoms with Crippen molar-refractivity contribution in [1.82, 2.24) is 9.97 Å². The number of nitrogens with two attached hydrogens (primary N) is 1. The minimum absolute atomic E-state index is 0.266. The van der Waals surface area contributed by atoms with Crippen molar-refractivity contribution in [3.8, 4) is 0 Å². The molecule has 1 aromatic rings. The van der Waals surface area contributed by atoms with Gasteiger partial charge in [-0.1, -0.05) is 0 Å². The van der Waals surface area contributed by atoms with Gasteiger partial charge in [0.05, 0.1) is 0 Å². The first kappa shape index (κ1) is 14.1. The number of aryl methyl sites for hydroxylation is 1. The molecule has 0 atom stereocenters. The van der Waals surface area contributed by atoms with Gasteiger partial charge in [0, 0.05) is 6.20 Å². The molecule has 5 nitrogen and oxygen atoms in total. The van der Waals surface area contributed by atoms with E-state index in [4.69, 9.17) is 5.73 Å². The fourth-order valence-corrected chi connectivity index (χ4v) is 0.947. The lowest BCUT2D eigenvalue weighted by Gasteiger charge is -2.15. The Morgan fingerprint density at radius 2 is 2.17 bits per heavy atom. The van der Waals surface area contributed by atoms with Gasteiger partial charge >= 0.3 is 18.3 Å². The lowest BCUT2D eigenvalue weighted by molar-refractivity contribution is -0.155. The molecule has 0 aromatic carbocycles. The van der Waals surface area contributed by atoms with Crippen LogP contribution in [0.3, 0.4) is 0 Å². The molecule has 1 aromatic heterocycles. The summed E-state index contributed by atoms with van der Waals surface area (Å²) in [7, 11) is 0. The highest BCUT2D eigenvalue weighted by Crippen LogP contribution is 2.23. The number of esters is 1. The molecule has 0 saturated carbocycles. The molecule has 18 heavy (non-hydrogen) atoms. The third kappa shape index (κ3) is 3.28. The zero-order valence-electron chi connectivity index (χ0n) is 9.16. The maximum Gasteiger partial charge on any atom is 0.343 e. The summed E-state index contributed by atoms with van der Waals surface area (Å²) in [5.74, 6) is -5.70. The number of carbonyl (C=O) groups excluding carboxylic acids is 1. The van der Waals surface area contributed by atoms with Crippen LogP contribution in [0.4, 0.5) is 23.4 Å². The number of carbonyl (C=O) groups is 1. The summed E-state index contributed by atoms with van der Waals surface area (Å²) in [6, 6.07) is 0. The minimum atomic E-state index is -4.41. The fraction of sp³-hybridized carbons (Fsp3) is 0.444. The number of anilines is 1. The molecule has 0 radical (unpaired) electrons. The molecule has 1 rings (SSSR count). The largest absolute Gasteiger partial charge is 0.455 e. The van der Waals surface area contributed by atoms with Gasteiger partial charge in [0.1, 0.15) is 17.2 Å². The van der Waals surface area contributed by atoms with Gasteiger partial charge < -0.3 is 10.5 Å². The van der Waals surface area contributed by atoms with Crippen LogP contribution in [0.2, 0.25) is 0 Å². The van der Waals surface area contributed by atoms with E-state index in [2.05, 4.69) is 14.7 Å². The van der Waals surface area contributed by atoms with E-state index in [9.17, 15) is 22.4 Å². The SMILES string of the molecule is Cc1ncc(C(=O)OCC(F)(F)C(F)F)c(N)n1. The maximum atomic E-state index is 12.5. The van der Waals surface area contributed by atoms with Crippen molar-refractivity contribution in [2.24, 2.45) is 0 Å². The summed E-state index contributed by atoms with van der Waals surface area (Å²) in [6.45, 7) is -0.243. The second-order valence-electron chi connectivity index (χ2n) is 3.35. The number of hydrogen-bond acceptors (Lipinski definition) is 5. The molecule has 9 heteroatoms. The van der Waals surface area contributed by atoms with Crippen LogP contribution < -0.4 is 5.73 Å². The van der Waals surface area contributed by atoms with Crippen LogP contribution in [-0.2, 0) is 4.74 Å². The van der Waals surface area contributed by atoms with E-state index in [0.29, 0.717) is 0 Å². The van der Waals surface area contributed by atoms with Crippen molar-refractivity contribution in [2.45, 2.75) is 19.3 Å². The zero-order chi connectivity index (χ0) is 13.9. The van der Waals surface area contributed by atoms with Crippen LogP contribution in [0.25, 0.3) is 0 Å². The van der Waals surface area contributed by atoms with Crippen molar-refractivity contribution in [1.29, 1.82) is 0 Å². The molecule has 2 N–H and O–H groups in total. The van der Waals surface area contributed by atoms with E-state index in [0.717, 1.165) is 6.20 Å². The Labute approximate surface area is 99.0 Å². The molecule has 0 aliphatic heterocycles. The predicted octanol–water partition coefficient (Wildman–Crippen LogP) is 1.42. The molecular formula is C9H9F4N3O2. The van der Waals surface area contributed by atoms with Gasteiger partial charge in [-0.25, -0.2) is 23.5 Å². The highest BCUT2D eigenvalue weighted by molar-refractivity contribution is 5.93. The van der Waals surface area contributed by atoms with E-state index in [-0.39, 0.29) is 17.2 Å². The summed E-state index contributed by atoms with van der Waals surface area (Å²) in [5.41, 5.74) is 4.98. The van der Waals surface area contributed by atoms with Gasteiger partial charge in [0.2, 0.25) is 0 Å². The quantitative estimate of drug-likeness (QED) is 0.659. The second kappa shape index (κ2) is 5.15. The van der Waals surface area contributed by atoms with Crippen LogP contribution in [-0.4, -0.2) is 34.9 Å². The number of nitrogens with zero attached hydrogens (tertiary/aromatic N) is 2. The van der Waals surface area contributed by atoms with E-state index < -0.39 is 24.9 Å². The monoisotopic (exact) mass is 267 g/mol. The molecule has 100 valence electrons. The van der Waals surface area contributed by atoms with Gasteiger partial charge in [-0.3, -0.25) is 0 Å². The van der Waals surface area contributed by atoms with E-state index in [1.807, 2.05) is 0 Å². The van der Waals surface area contributed by atoms with Gasteiger partial charge in [0.15, 0.2) is 6.61 Å². The summed E-state index contributed by atoms with van der Waals surface area (Å²) >= 11 is 0. The van der Waals surface area contributed by atoms with Crippen molar-refractivity contribution in [3.63, 3.8) is 0 Å². The number of ether oxygens (including phenoxy) is 1. The van der Waals surface area contributed by atoms with Crippen molar-refractivity contribution in [3.05, 3.63) is 17.6 Å². The molecule has 1 heterocycles. The minimum Gasteiger partial charge on any atom is -0.455 e. The number of alkyl halides is 4. The zero-order valence-corrected chi connectivity index (χ0v) is 9.16. The van der Waals surface area contributed by atoms with Crippen molar-refractivity contribution >= 4 is 11.8 Å². The van der Waals surface area contributed by atoms with Crippen LogP contribution in [0.5, 0.6) is 0 Å². The van der Waals surface area contributed by atoms with Gasteiger partial charge in [-0.05, 0) is 6.92 Å². The van der Waals surface area contributed by atoms with Gasteiger partial charge in [-0.2, -0.15) is 8.78 Å². The third-order valence-corrected chi connectivity index (χ3v) is 1.87. The number of halogens is 4. The summed E-state index contributed by atoms with van der Waals surface area (Å²) in [5, 5.41) is 0. The summed E-state index contributed by atoms with van der Waals surface area (Å²) < 4.78 is 52.7. The Morgan fingerprint density at radius 1 is 1.56 bits per heavy atom. The second-order valence-corrected chi connectivity index (χ2v) is 3.35. The Morgan fingerprint density at radius 3 is 2.67 bits per heavy atom. The molecule has 0 aliphatic carbocycles. The number of aromatic nitrogens is 2. The Bertz CT molecular complexity index is 453. The molecule has 0 fully saturated rings. The van der Waals surface area contributed by atoms with Crippen molar-refractivity contribution in [2.75, 3.05) is 12.3 Å². The maximum absolute atomic E-state index is 12.5. The Kier molecular flexibility index (Phi) is 4.04. The molecule has 0 saturated heterocycles. The van der Waals surface area contributed by atoms with E-state index >= 15 is 0 Å². The summed E-state index contributed by atoms with van der Waals surface area (Å²) in [6.07, 6.45) is -2.95. The lowest BCUT2D eigenvalue weighted by atomic mass is 10.3. The number of hydrogen-bond donors (Lipinski definition) is 1. The van der Waals surface area contributed by atoms with Crippen LogP contribution in [0.15, 0.2) is 6.20 Å². The highest BCUT2D eigenvalue weighted by Gasteiger charge is 2.42. The lowest BCUT2D eigenvalue weighted by Crippen LogP contribution is -2.33. The molecule has 0 bridgehead atoms. The van der Waals surface area contributed by atoms with Crippen molar-refractivity contribution < 1.29 is 27.1 Å². The molecule has 0 amide bonds. The predicted molar refractivity (Wildman–Crippen MR) is 52.4 cm³/mol. The first-order chi connectivity index (χ1) is 8.24.